The minimum absolute atomic E-state index is 0.117. The molecule has 4 heteroatoms. The van der Waals surface area contributed by atoms with Gasteiger partial charge in [0, 0.05) is 30.2 Å². The molecule has 1 N–H and O–H groups in total. The first-order chi connectivity index (χ1) is 10.0. The smallest absolute Gasteiger partial charge is 0.269 e. The first-order valence-corrected chi connectivity index (χ1v) is 7.37. The van der Waals surface area contributed by atoms with Gasteiger partial charge in [0.2, 0.25) is 0 Å². The average molecular weight is 285 g/mol. The summed E-state index contributed by atoms with van der Waals surface area (Å²) in [5, 5.41) is 2.92. The number of nitrogens with one attached hydrogen (secondary N) is 1. The fraction of sp³-hybridized carbons (Fsp3) is 0.412. The van der Waals surface area contributed by atoms with Crippen LogP contribution in [0.2, 0.25) is 0 Å². The van der Waals surface area contributed by atoms with E-state index in [1.807, 2.05) is 6.07 Å². The molecular weight excluding hydrogens is 262 g/mol. The molecule has 4 nitrogen and oxygen atoms in total. The minimum atomic E-state index is -0.117. The second-order valence-corrected chi connectivity index (χ2v) is 5.58. The molecule has 0 unspecified atom stereocenters. The second-order valence-electron chi connectivity index (χ2n) is 5.58. The number of carbonyl (C=O) groups excluding carboxylic acids is 1. The van der Waals surface area contributed by atoms with E-state index in [1.54, 1.807) is 18.3 Å². The zero-order valence-corrected chi connectivity index (χ0v) is 13.2. The van der Waals surface area contributed by atoms with E-state index < -0.39 is 0 Å². The SMILES string of the molecule is Cc1cc(CCNC(=O)c2ccccn2)c(C)n1C(C)C. The monoisotopic (exact) mass is 285 g/mol. The summed E-state index contributed by atoms with van der Waals surface area (Å²) in [7, 11) is 0. The van der Waals surface area contributed by atoms with Gasteiger partial charge in [0.1, 0.15) is 5.69 Å². The maximum absolute atomic E-state index is 11.9. The summed E-state index contributed by atoms with van der Waals surface area (Å²) < 4.78 is 2.33. The van der Waals surface area contributed by atoms with Crippen LogP contribution in [0, 0.1) is 13.8 Å². The largest absolute Gasteiger partial charge is 0.350 e. The maximum atomic E-state index is 11.9. The molecule has 0 aliphatic carbocycles. The van der Waals surface area contributed by atoms with Crippen molar-refractivity contribution in [2.45, 2.75) is 40.2 Å². The molecule has 2 aromatic heterocycles. The average Bonchev–Trinajstić information content (AvgIpc) is 2.74. The Labute approximate surface area is 126 Å². The normalized spacial score (nSPS) is 10.9. The topological polar surface area (TPSA) is 46.9 Å². The van der Waals surface area contributed by atoms with E-state index in [-0.39, 0.29) is 5.91 Å². The summed E-state index contributed by atoms with van der Waals surface area (Å²) in [4.78, 5) is 16.0. The van der Waals surface area contributed by atoms with E-state index in [0.29, 0.717) is 18.3 Å². The van der Waals surface area contributed by atoms with Gasteiger partial charge in [0.25, 0.3) is 5.91 Å². The van der Waals surface area contributed by atoms with Gasteiger partial charge in [-0.1, -0.05) is 6.07 Å². The summed E-state index contributed by atoms with van der Waals surface area (Å²) in [6.45, 7) is 9.27. The van der Waals surface area contributed by atoms with Crippen LogP contribution in [-0.2, 0) is 6.42 Å². The molecule has 0 saturated heterocycles. The van der Waals surface area contributed by atoms with Crippen LogP contribution in [0.5, 0.6) is 0 Å². The Morgan fingerprint density at radius 3 is 2.67 bits per heavy atom. The van der Waals surface area contributed by atoms with Crippen molar-refractivity contribution in [3.8, 4) is 0 Å². The van der Waals surface area contributed by atoms with Crippen LogP contribution in [0.1, 0.15) is 47.3 Å². The molecule has 0 aromatic carbocycles. The summed E-state index contributed by atoms with van der Waals surface area (Å²) in [5.74, 6) is -0.117. The number of hydrogen-bond acceptors (Lipinski definition) is 2. The highest BCUT2D eigenvalue weighted by Crippen LogP contribution is 2.20. The van der Waals surface area contributed by atoms with Crippen molar-refractivity contribution in [2.24, 2.45) is 0 Å². The van der Waals surface area contributed by atoms with Crippen LogP contribution in [0.3, 0.4) is 0 Å². The van der Waals surface area contributed by atoms with Gasteiger partial charge in [-0.2, -0.15) is 0 Å². The molecule has 0 spiro atoms. The van der Waals surface area contributed by atoms with E-state index in [9.17, 15) is 4.79 Å². The molecule has 0 bridgehead atoms. The highest BCUT2D eigenvalue weighted by molar-refractivity contribution is 5.92. The van der Waals surface area contributed by atoms with Crippen molar-refractivity contribution < 1.29 is 4.79 Å². The molecule has 2 rings (SSSR count). The van der Waals surface area contributed by atoms with Crippen molar-refractivity contribution >= 4 is 5.91 Å². The molecule has 0 aliphatic heterocycles. The zero-order chi connectivity index (χ0) is 15.4. The molecule has 1 amide bonds. The third-order valence-corrected chi connectivity index (χ3v) is 3.68. The van der Waals surface area contributed by atoms with Crippen LogP contribution in [0.4, 0.5) is 0 Å². The molecule has 0 saturated carbocycles. The van der Waals surface area contributed by atoms with Crippen LogP contribution < -0.4 is 5.32 Å². The summed E-state index contributed by atoms with van der Waals surface area (Å²) in [6.07, 6.45) is 2.47. The number of aromatic nitrogens is 2. The summed E-state index contributed by atoms with van der Waals surface area (Å²) >= 11 is 0. The van der Waals surface area contributed by atoms with Crippen molar-refractivity contribution in [3.05, 3.63) is 53.1 Å². The fourth-order valence-corrected chi connectivity index (χ4v) is 2.79. The third-order valence-electron chi connectivity index (χ3n) is 3.68. The van der Waals surface area contributed by atoms with Crippen molar-refractivity contribution in [2.75, 3.05) is 6.54 Å². The van der Waals surface area contributed by atoms with Crippen molar-refractivity contribution in [1.29, 1.82) is 0 Å². The summed E-state index contributed by atoms with van der Waals surface area (Å²) in [6, 6.07) is 8.01. The van der Waals surface area contributed by atoms with E-state index in [2.05, 4.69) is 48.6 Å². The number of amides is 1. The van der Waals surface area contributed by atoms with Gasteiger partial charge in [0.05, 0.1) is 0 Å². The molecule has 112 valence electrons. The molecular formula is C17H23N3O. The number of nitrogens with zero attached hydrogens (tertiary/aromatic N) is 2. The Morgan fingerprint density at radius 2 is 2.10 bits per heavy atom. The fourth-order valence-electron chi connectivity index (χ4n) is 2.79. The zero-order valence-electron chi connectivity index (χ0n) is 13.2. The molecule has 2 heterocycles. The lowest BCUT2D eigenvalue weighted by molar-refractivity contribution is 0.0949. The predicted molar refractivity (Wildman–Crippen MR) is 84.6 cm³/mol. The highest BCUT2D eigenvalue weighted by atomic mass is 16.1. The Bertz CT molecular complexity index is 614. The van der Waals surface area contributed by atoms with Gasteiger partial charge in [-0.05, 0) is 57.9 Å². The maximum Gasteiger partial charge on any atom is 0.269 e. The van der Waals surface area contributed by atoms with E-state index in [4.69, 9.17) is 0 Å². The minimum Gasteiger partial charge on any atom is -0.350 e. The Kier molecular flexibility index (Phi) is 4.78. The molecule has 0 fully saturated rings. The number of aryl methyl sites for hydroxylation is 1. The van der Waals surface area contributed by atoms with Crippen LogP contribution in [-0.4, -0.2) is 22.0 Å². The van der Waals surface area contributed by atoms with E-state index in [0.717, 1.165) is 6.42 Å². The third kappa shape index (κ3) is 3.51. The Morgan fingerprint density at radius 1 is 1.33 bits per heavy atom. The van der Waals surface area contributed by atoms with Gasteiger partial charge in [-0.15, -0.1) is 0 Å². The van der Waals surface area contributed by atoms with Gasteiger partial charge in [-0.3, -0.25) is 9.78 Å². The van der Waals surface area contributed by atoms with Gasteiger partial charge < -0.3 is 9.88 Å². The lowest BCUT2D eigenvalue weighted by atomic mass is 10.2. The predicted octanol–water partition coefficient (Wildman–Crippen LogP) is 3.05. The van der Waals surface area contributed by atoms with Crippen LogP contribution >= 0.6 is 0 Å². The van der Waals surface area contributed by atoms with E-state index >= 15 is 0 Å². The number of hydrogen-bond donors (Lipinski definition) is 1. The summed E-state index contributed by atoms with van der Waals surface area (Å²) in [5.41, 5.74) is 4.32. The first-order valence-electron chi connectivity index (χ1n) is 7.37. The highest BCUT2D eigenvalue weighted by Gasteiger charge is 2.12. The number of rotatable bonds is 5. The van der Waals surface area contributed by atoms with Gasteiger partial charge in [0.15, 0.2) is 0 Å². The molecule has 0 atom stereocenters. The molecule has 2 aromatic rings. The van der Waals surface area contributed by atoms with E-state index in [1.165, 1.54) is 17.0 Å². The van der Waals surface area contributed by atoms with Crippen molar-refractivity contribution in [1.82, 2.24) is 14.9 Å². The van der Waals surface area contributed by atoms with Crippen LogP contribution in [0.25, 0.3) is 0 Å². The standard InChI is InChI=1S/C17H23N3O/c1-12(2)20-13(3)11-15(14(20)4)8-10-19-17(21)16-7-5-6-9-18-16/h5-7,9,11-12H,8,10H2,1-4H3,(H,19,21). The van der Waals surface area contributed by atoms with Crippen LogP contribution in [0.15, 0.2) is 30.5 Å². The first kappa shape index (κ1) is 15.3. The molecule has 0 radical (unpaired) electrons. The molecule has 21 heavy (non-hydrogen) atoms. The lowest BCUT2D eigenvalue weighted by Gasteiger charge is -2.13. The number of carbonyl (C=O) groups is 1. The second kappa shape index (κ2) is 6.57. The number of pyridine rings is 1. The van der Waals surface area contributed by atoms with Gasteiger partial charge >= 0.3 is 0 Å². The quantitative estimate of drug-likeness (QED) is 0.917. The van der Waals surface area contributed by atoms with Gasteiger partial charge in [-0.25, -0.2) is 0 Å². The Balaban J connectivity index is 1.95. The molecule has 0 aliphatic rings. The lowest BCUT2D eigenvalue weighted by Crippen LogP contribution is -2.26. The van der Waals surface area contributed by atoms with Crippen molar-refractivity contribution in [3.63, 3.8) is 0 Å². The Hall–Kier alpha value is -2.10.